The van der Waals surface area contributed by atoms with E-state index in [4.69, 9.17) is 0 Å². The number of phenols is 1. The number of halogens is 3. The van der Waals surface area contributed by atoms with Crippen molar-refractivity contribution in [1.82, 2.24) is 4.90 Å². The highest BCUT2D eigenvalue weighted by Crippen LogP contribution is 2.30. The van der Waals surface area contributed by atoms with E-state index in [0.717, 1.165) is 30.9 Å². The summed E-state index contributed by atoms with van der Waals surface area (Å²) in [6, 6.07) is 11.4. The summed E-state index contributed by atoms with van der Waals surface area (Å²) in [5, 5.41) is 9.27. The summed E-state index contributed by atoms with van der Waals surface area (Å²) in [6.07, 6.45) is -3.92. The van der Waals surface area contributed by atoms with Gasteiger partial charge in [0, 0.05) is 50.4 Å². The van der Waals surface area contributed by atoms with Crippen molar-refractivity contribution in [2.45, 2.75) is 12.6 Å². The van der Waals surface area contributed by atoms with Crippen LogP contribution in [-0.2, 0) is 6.18 Å². The lowest BCUT2D eigenvalue weighted by Gasteiger charge is -2.36. The Hall–Kier alpha value is -2.54. The summed E-state index contributed by atoms with van der Waals surface area (Å²) in [5.41, 5.74) is 0.719. The molecule has 2 aromatic carbocycles. The van der Waals surface area contributed by atoms with Crippen molar-refractivity contribution in [2.24, 2.45) is 0 Å². The van der Waals surface area contributed by atoms with E-state index in [1.165, 1.54) is 24.3 Å². The van der Waals surface area contributed by atoms with Crippen LogP contribution in [0.15, 0.2) is 48.5 Å². The monoisotopic (exact) mass is 378 g/mol. The van der Waals surface area contributed by atoms with Crippen LogP contribution in [-0.4, -0.2) is 48.5 Å². The molecule has 4 nitrogen and oxygen atoms in total. The van der Waals surface area contributed by atoms with Crippen molar-refractivity contribution in [1.29, 1.82) is 0 Å². The van der Waals surface area contributed by atoms with Gasteiger partial charge in [0.05, 0.1) is 5.56 Å². The molecule has 0 saturated carbocycles. The number of hydrogen-bond acceptors (Lipinski definition) is 4. The Morgan fingerprint density at radius 1 is 0.926 bits per heavy atom. The zero-order valence-electron chi connectivity index (χ0n) is 14.7. The number of nitrogens with zero attached hydrogens (tertiary/aromatic N) is 2. The number of aromatic hydroxyl groups is 1. The summed E-state index contributed by atoms with van der Waals surface area (Å²) in [4.78, 5) is 16.4. The fourth-order valence-electron chi connectivity index (χ4n) is 3.14. The maximum atomic E-state index is 12.6. The average Bonchev–Trinajstić information content (AvgIpc) is 2.66. The Morgan fingerprint density at radius 2 is 1.52 bits per heavy atom. The molecule has 0 atom stereocenters. The summed E-state index contributed by atoms with van der Waals surface area (Å²) < 4.78 is 37.9. The second-order valence-electron chi connectivity index (χ2n) is 6.59. The van der Waals surface area contributed by atoms with Crippen LogP contribution in [0.25, 0.3) is 0 Å². The van der Waals surface area contributed by atoms with E-state index in [2.05, 4.69) is 9.80 Å². The first-order chi connectivity index (χ1) is 12.8. The maximum Gasteiger partial charge on any atom is 0.416 e. The van der Waals surface area contributed by atoms with Crippen molar-refractivity contribution in [3.8, 4) is 5.75 Å². The van der Waals surface area contributed by atoms with Crippen LogP contribution in [0.4, 0.5) is 18.9 Å². The van der Waals surface area contributed by atoms with Gasteiger partial charge in [0.25, 0.3) is 0 Å². The number of phenolic OH excluding ortho intramolecular Hbond substituents is 1. The highest BCUT2D eigenvalue weighted by molar-refractivity contribution is 5.96. The third-order valence-electron chi connectivity index (χ3n) is 4.78. The first-order valence-corrected chi connectivity index (χ1v) is 8.80. The molecule has 3 rings (SSSR count). The largest absolute Gasteiger partial charge is 0.508 e. The third kappa shape index (κ3) is 5.01. The van der Waals surface area contributed by atoms with Gasteiger partial charge in [-0.25, -0.2) is 0 Å². The lowest BCUT2D eigenvalue weighted by atomic mass is 10.1. The normalized spacial score (nSPS) is 15.7. The molecular formula is C20H21F3N2O2. The Morgan fingerprint density at radius 3 is 2.07 bits per heavy atom. The van der Waals surface area contributed by atoms with Crippen molar-refractivity contribution >= 4 is 11.5 Å². The van der Waals surface area contributed by atoms with Crippen LogP contribution >= 0.6 is 0 Å². The molecule has 0 spiro atoms. The lowest BCUT2D eigenvalue weighted by molar-refractivity contribution is -0.137. The second-order valence-corrected chi connectivity index (χ2v) is 6.59. The highest BCUT2D eigenvalue weighted by Gasteiger charge is 2.30. The predicted molar refractivity (Wildman–Crippen MR) is 97.2 cm³/mol. The molecule has 0 aliphatic carbocycles. The number of alkyl halides is 3. The smallest absolute Gasteiger partial charge is 0.416 e. The van der Waals surface area contributed by atoms with Gasteiger partial charge in [0.15, 0.2) is 5.78 Å². The molecule has 1 saturated heterocycles. The van der Waals surface area contributed by atoms with Gasteiger partial charge in [-0.2, -0.15) is 13.2 Å². The van der Waals surface area contributed by atoms with Crippen LogP contribution < -0.4 is 4.90 Å². The minimum Gasteiger partial charge on any atom is -0.508 e. The van der Waals surface area contributed by atoms with Crippen LogP contribution in [0.3, 0.4) is 0 Å². The molecule has 144 valence electrons. The third-order valence-corrected chi connectivity index (χ3v) is 4.78. The number of ketones is 1. The van der Waals surface area contributed by atoms with Crippen LogP contribution in [0, 0.1) is 0 Å². The van der Waals surface area contributed by atoms with Crippen LogP contribution in [0.2, 0.25) is 0 Å². The lowest BCUT2D eigenvalue weighted by Crippen LogP contribution is -2.46. The van der Waals surface area contributed by atoms with Gasteiger partial charge >= 0.3 is 6.18 Å². The Balaban J connectivity index is 1.47. The summed E-state index contributed by atoms with van der Waals surface area (Å²) in [7, 11) is 0. The fraction of sp³-hybridized carbons (Fsp3) is 0.350. The van der Waals surface area contributed by atoms with E-state index in [-0.39, 0.29) is 11.5 Å². The summed E-state index contributed by atoms with van der Waals surface area (Å²) in [5.74, 6) is 0.158. The van der Waals surface area contributed by atoms with Gasteiger partial charge in [-0.3, -0.25) is 9.69 Å². The fourth-order valence-corrected chi connectivity index (χ4v) is 3.14. The van der Waals surface area contributed by atoms with Crippen molar-refractivity contribution in [3.63, 3.8) is 0 Å². The first kappa shape index (κ1) is 19.2. The quantitative estimate of drug-likeness (QED) is 0.804. The van der Waals surface area contributed by atoms with E-state index in [0.29, 0.717) is 31.6 Å². The number of Topliss-reactive ketones (excluding diaryl/α,β-unsaturated/α-hetero) is 1. The van der Waals surface area contributed by atoms with Gasteiger partial charge in [0.2, 0.25) is 0 Å². The zero-order chi connectivity index (χ0) is 19.4. The minimum atomic E-state index is -4.32. The standard InChI is InChI=1S/C20H21F3N2O2/c21-20(22,23)16-3-5-17(6-4-16)25-13-11-24(12-14-25)10-9-19(27)15-1-7-18(26)8-2-15/h1-8,26H,9-14H2. The number of carbonyl (C=O) groups is 1. The van der Waals surface area contributed by atoms with Crippen molar-refractivity contribution in [2.75, 3.05) is 37.6 Å². The Labute approximate surface area is 155 Å². The number of piperazine rings is 1. The summed E-state index contributed by atoms with van der Waals surface area (Å²) in [6.45, 7) is 3.56. The number of rotatable bonds is 5. The predicted octanol–water partition coefficient (Wildman–Crippen LogP) is 3.81. The van der Waals surface area contributed by atoms with Gasteiger partial charge in [0.1, 0.15) is 5.75 Å². The number of benzene rings is 2. The number of carbonyl (C=O) groups excluding carboxylic acids is 1. The molecule has 1 aliphatic rings. The molecule has 7 heteroatoms. The molecule has 1 N–H and O–H groups in total. The van der Waals surface area contributed by atoms with Crippen molar-refractivity contribution < 1.29 is 23.1 Å². The van der Waals surface area contributed by atoms with E-state index < -0.39 is 11.7 Å². The van der Waals surface area contributed by atoms with E-state index in [1.54, 1.807) is 12.1 Å². The number of anilines is 1. The molecule has 0 amide bonds. The summed E-state index contributed by atoms with van der Waals surface area (Å²) >= 11 is 0. The molecule has 1 heterocycles. The molecule has 0 aromatic heterocycles. The topological polar surface area (TPSA) is 43.8 Å². The van der Waals surface area contributed by atoms with Gasteiger partial charge < -0.3 is 10.0 Å². The Kier molecular flexibility index (Phi) is 5.70. The SMILES string of the molecule is O=C(CCN1CCN(c2ccc(C(F)(F)F)cc2)CC1)c1ccc(O)cc1. The molecule has 0 unspecified atom stereocenters. The Bertz CT molecular complexity index is 765. The van der Waals surface area contributed by atoms with Gasteiger partial charge in [-0.15, -0.1) is 0 Å². The molecule has 27 heavy (non-hydrogen) atoms. The molecule has 1 aliphatic heterocycles. The van der Waals surface area contributed by atoms with Gasteiger partial charge in [-0.1, -0.05) is 0 Å². The molecule has 0 radical (unpaired) electrons. The van der Waals surface area contributed by atoms with E-state index in [9.17, 15) is 23.1 Å². The van der Waals surface area contributed by atoms with Crippen LogP contribution in [0.5, 0.6) is 5.75 Å². The molecule has 0 bridgehead atoms. The number of hydrogen-bond donors (Lipinski definition) is 1. The van der Waals surface area contributed by atoms with E-state index in [1.807, 2.05) is 0 Å². The molecule has 2 aromatic rings. The van der Waals surface area contributed by atoms with Crippen molar-refractivity contribution in [3.05, 3.63) is 59.7 Å². The van der Waals surface area contributed by atoms with E-state index >= 15 is 0 Å². The second kappa shape index (κ2) is 8.00. The minimum absolute atomic E-state index is 0.0279. The first-order valence-electron chi connectivity index (χ1n) is 8.80. The average molecular weight is 378 g/mol. The van der Waals surface area contributed by atoms with Gasteiger partial charge in [-0.05, 0) is 48.5 Å². The zero-order valence-corrected chi connectivity index (χ0v) is 14.7. The maximum absolute atomic E-state index is 12.6. The molecular weight excluding hydrogens is 357 g/mol. The molecule has 1 fully saturated rings. The van der Waals surface area contributed by atoms with Crippen LogP contribution in [0.1, 0.15) is 22.3 Å². The highest BCUT2D eigenvalue weighted by atomic mass is 19.4.